The predicted molar refractivity (Wildman–Crippen MR) is 87.4 cm³/mol. The molecule has 1 aliphatic rings. The largest absolute Gasteiger partial charge is 0.373 e. The van der Waals surface area contributed by atoms with Crippen molar-refractivity contribution in [3.8, 4) is 6.07 Å². The monoisotopic (exact) mass is 337 g/mol. The van der Waals surface area contributed by atoms with Crippen LogP contribution in [0.3, 0.4) is 0 Å². The van der Waals surface area contributed by atoms with E-state index < -0.39 is 10.0 Å². The van der Waals surface area contributed by atoms with Crippen LogP contribution < -0.4 is 4.72 Å². The minimum atomic E-state index is -3.61. The van der Waals surface area contributed by atoms with Crippen LogP contribution >= 0.6 is 0 Å². The lowest BCUT2D eigenvalue weighted by molar-refractivity contribution is -0.0776. The van der Waals surface area contributed by atoms with Crippen molar-refractivity contribution in [2.75, 3.05) is 19.6 Å². The number of ether oxygens (including phenoxy) is 1. The molecule has 23 heavy (non-hydrogen) atoms. The van der Waals surface area contributed by atoms with Gasteiger partial charge >= 0.3 is 0 Å². The summed E-state index contributed by atoms with van der Waals surface area (Å²) in [6.07, 6.45) is 0.287. The van der Waals surface area contributed by atoms with E-state index in [9.17, 15) is 8.42 Å². The fraction of sp³-hybridized carbons (Fsp3) is 0.562. The molecule has 1 N–H and O–H groups in total. The SMILES string of the molecule is C[C@@H]1CN([C@H](C)CNS(=O)(=O)c2cccc(C#N)c2)C[C@@H](C)O1. The summed E-state index contributed by atoms with van der Waals surface area (Å²) in [6, 6.07) is 8.05. The van der Waals surface area contributed by atoms with Crippen LogP contribution in [-0.4, -0.2) is 51.2 Å². The zero-order chi connectivity index (χ0) is 17.0. The van der Waals surface area contributed by atoms with Crippen molar-refractivity contribution in [1.82, 2.24) is 9.62 Å². The molecule has 0 bridgehead atoms. The molecule has 0 spiro atoms. The number of nitrogens with one attached hydrogen (secondary N) is 1. The van der Waals surface area contributed by atoms with Crippen molar-refractivity contribution in [2.45, 2.75) is 43.9 Å². The van der Waals surface area contributed by atoms with Crippen molar-refractivity contribution >= 4 is 10.0 Å². The van der Waals surface area contributed by atoms with Crippen molar-refractivity contribution in [1.29, 1.82) is 5.26 Å². The Morgan fingerprint density at radius 1 is 1.39 bits per heavy atom. The van der Waals surface area contributed by atoms with Crippen molar-refractivity contribution < 1.29 is 13.2 Å². The second-order valence-corrected chi connectivity index (χ2v) is 7.82. The van der Waals surface area contributed by atoms with Gasteiger partial charge in [0.25, 0.3) is 0 Å². The zero-order valence-corrected chi connectivity index (χ0v) is 14.5. The topological polar surface area (TPSA) is 82.4 Å². The first kappa shape index (κ1) is 17.9. The third-order valence-corrected chi connectivity index (χ3v) is 5.33. The van der Waals surface area contributed by atoms with Crippen molar-refractivity contribution in [2.24, 2.45) is 0 Å². The van der Waals surface area contributed by atoms with Gasteiger partial charge in [-0.3, -0.25) is 4.90 Å². The molecule has 0 amide bonds. The molecule has 1 aliphatic heterocycles. The second-order valence-electron chi connectivity index (χ2n) is 6.05. The van der Waals surface area contributed by atoms with E-state index in [0.29, 0.717) is 12.1 Å². The summed E-state index contributed by atoms with van der Waals surface area (Å²) in [5.74, 6) is 0. The average Bonchev–Trinajstić information content (AvgIpc) is 2.51. The summed E-state index contributed by atoms with van der Waals surface area (Å²) in [4.78, 5) is 2.35. The van der Waals surface area contributed by atoms with Gasteiger partial charge in [0.2, 0.25) is 10.0 Å². The Balaban J connectivity index is 2.00. The maximum Gasteiger partial charge on any atom is 0.240 e. The Labute approximate surface area is 138 Å². The first-order valence-electron chi connectivity index (χ1n) is 7.71. The van der Waals surface area contributed by atoms with E-state index in [4.69, 9.17) is 10.00 Å². The van der Waals surface area contributed by atoms with Crippen LogP contribution in [0.1, 0.15) is 26.3 Å². The van der Waals surface area contributed by atoms with Gasteiger partial charge in [0.05, 0.1) is 28.7 Å². The van der Waals surface area contributed by atoms with Gasteiger partial charge in [0.15, 0.2) is 0 Å². The Morgan fingerprint density at radius 2 is 2.04 bits per heavy atom. The predicted octanol–water partition coefficient (Wildman–Crippen LogP) is 1.33. The van der Waals surface area contributed by atoms with E-state index >= 15 is 0 Å². The molecule has 0 radical (unpaired) electrons. The number of sulfonamides is 1. The van der Waals surface area contributed by atoms with Crippen molar-refractivity contribution in [3.05, 3.63) is 29.8 Å². The van der Waals surface area contributed by atoms with Gasteiger partial charge in [-0.05, 0) is 39.0 Å². The molecule has 1 aromatic carbocycles. The highest BCUT2D eigenvalue weighted by Gasteiger charge is 2.26. The number of morpholine rings is 1. The second kappa shape index (κ2) is 7.41. The van der Waals surface area contributed by atoms with Gasteiger partial charge in [0.1, 0.15) is 0 Å². The molecular weight excluding hydrogens is 314 g/mol. The van der Waals surface area contributed by atoms with Gasteiger partial charge in [-0.25, -0.2) is 13.1 Å². The van der Waals surface area contributed by atoms with Crippen LogP contribution in [0.2, 0.25) is 0 Å². The number of hydrogen-bond donors (Lipinski definition) is 1. The highest BCUT2D eigenvalue weighted by molar-refractivity contribution is 7.89. The Hall–Kier alpha value is -1.46. The first-order valence-corrected chi connectivity index (χ1v) is 9.19. The Kier molecular flexibility index (Phi) is 5.76. The fourth-order valence-electron chi connectivity index (χ4n) is 2.75. The van der Waals surface area contributed by atoms with Crippen LogP contribution in [0.4, 0.5) is 0 Å². The smallest absolute Gasteiger partial charge is 0.240 e. The molecule has 1 fully saturated rings. The zero-order valence-electron chi connectivity index (χ0n) is 13.7. The van der Waals surface area contributed by atoms with E-state index in [0.717, 1.165) is 13.1 Å². The van der Waals surface area contributed by atoms with E-state index in [-0.39, 0.29) is 23.1 Å². The van der Waals surface area contributed by atoms with Gasteiger partial charge in [0, 0.05) is 25.7 Å². The Bertz CT molecular complexity index is 674. The summed E-state index contributed by atoms with van der Waals surface area (Å²) in [5, 5.41) is 8.88. The molecule has 1 saturated heterocycles. The lowest BCUT2D eigenvalue weighted by Gasteiger charge is -2.38. The van der Waals surface area contributed by atoms with Crippen LogP contribution in [-0.2, 0) is 14.8 Å². The van der Waals surface area contributed by atoms with Crippen molar-refractivity contribution in [3.63, 3.8) is 0 Å². The number of nitrogens with zero attached hydrogens (tertiary/aromatic N) is 2. The quantitative estimate of drug-likeness (QED) is 0.876. The molecule has 2 rings (SSSR count). The minimum absolute atomic E-state index is 0.0673. The number of nitriles is 1. The molecule has 7 heteroatoms. The maximum absolute atomic E-state index is 12.4. The molecule has 6 nitrogen and oxygen atoms in total. The maximum atomic E-state index is 12.4. The van der Waals surface area contributed by atoms with Crippen LogP contribution in [0.15, 0.2) is 29.2 Å². The summed E-state index contributed by atoms with van der Waals surface area (Å²) in [5.41, 5.74) is 0.330. The molecule has 1 aromatic rings. The Morgan fingerprint density at radius 3 is 2.65 bits per heavy atom. The van der Waals surface area contributed by atoms with E-state index in [1.165, 1.54) is 12.1 Å². The van der Waals surface area contributed by atoms with Gasteiger partial charge in [-0.15, -0.1) is 0 Å². The average molecular weight is 337 g/mol. The molecule has 1 heterocycles. The first-order chi connectivity index (χ1) is 10.8. The molecule has 0 saturated carbocycles. The fourth-order valence-corrected chi connectivity index (χ4v) is 3.92. The van der Waals surface area contributed by atoms with Crippen LogP contribution in [0, 0.1) is 11.3 Å². The number of hydrogen-bond acceptors (Lipinski definition) is 5. The lowest BCUT2D eigenvalue weighted by atomic mass is 10.2. The molecule has 3 atom stereocenters. The summed E-state index contributed by atoms with van der Waals surface area (Å²) in [7, 11) is -3.61. The molecular formula is C16H23N3O3S. The lowest BCUT2D eigenvalue weighted by Crippen LogP contribution is -2.52. The molecule has 0 aromatic heterocycles. The van der Waals surface area contributed by atoms with E-state index in [1.807, 2.05) is 26.8 Å². The standard InChI is InChI=1S/C16H23N3O3S/c1-12(19-10-13(2)22-14(3)11-19)9-18-23(20,21)16-6-4-5-15(7-16)8-17/h4-7,12-14,18H,9-11H2,1-3H3/t12-,13-,14-/m1/s1. The highest BCUT2D eigenvalue weighted by Crippen LogP contribution is 2.14. The summed E-state index contributed by atoms with van der Waals surface area (Å²) >= 11 is 0. The van der Waals surface area contributed by atoms with E-state index in [1.54, 1.807) is 12.1 Å². The highest BCUT2D eigenvalue weighted by atomic mass is 32.2. The third-order valence-electron chi connectivity index (χ3n) is 3.91. The molecule has 0 aliphatic carbocycles. The van der Waals surface area contributed by atoms with Crippen LogP contribution in [0.5, 0.6) is 0 Å². The van der Waals surface area contributed by atoms with Crippen LogP contribution in [0.25, 0.3) is 0 Å². The number of rotatable bonds is 5. The van der Waals surface area contributed by atoms with Gasteiger partial charge in [-0.2, -0.15) is 5.26 Å². The van der Waals surface area contributed by atoms with Gasteiger partial charge in [-0.1, -0.05) is 6.07 Å². The molecule has 0 unspecified atom stereocenters. The third kappa shape index (κ3) is 4.75. The normalized spacial score (nSPS) is 24.1. The number of benzene rings is 1. The van der Waals surface area contributed by atoms with Gasteiger partial charge < -0.3 is 4.74 Å². The molecule has 126 valence electrons. The minimum Gasteiger partial charge on any atom is -0.373 e. The summed E-state index contributed by atoms with van der Waals surface area (Å²) < 4.78 is 33.0. The summed E-state index contributed by atoms with van der Waals surface area (Å²) in [6.45, 7) is 7.94. The van der Waals surface area contributed by atoms with E-state index in [2.05, 4.69) is 9.62 Å².